The summed E-state index contributed by atoms with van der Waals surface area (Å²) in [5.41, 5.74) is 1.55. The van der Waals surface area contributed by atoms with Gasteiger partial charge in [-0.05, 0) is 17.7 Å². The Morgan fingerprint density at radius 3 is 2.36 bits per heavy atom. The molecule has 3 rings (SSSR count). The third-order valence-electron chi connectivity index (χ3n) is 3.75. The largest absolute Gasteiger partial charge is 0.497 e. The van der Waals surface area contributed by atoms with Crippen molar-refractivity contribution in [2.24, 2.45) is 0 Å². The molecule has 1 heterocycles. The number of aromatic nitrogens is 2. The van der Waals surface area contributed by atoms with Gasteiger partial charge in [0.25, 0.3) is 5.91 Å². The van der Waals surface area contributed by atoms with Crippen LogP contribution in [0.2, 0.25) is 0 Å². The van der Waals surface area contributed by atoms with E-state index >= 15 is 0 Å². The van der Waals surface area contributed by atoms with E-state index in [0.29, 0.717) is 29.4 Å². The van der Waals surface area contributed by atoms with Crippen LogP contribution in [-0.2, 0) is 6.54 Å². The number of nitrogens with zero attached hydrogens (tertiary/aromatic N) is 2. The number of methoxy groups -OCH3 is 2. The van der Waals surface area contributed by atoms with E-state index in [4.69, 9.17) is 9.47 Å². The number of carbonyl (C=O) groups excluding carboxylic acids is 1. The summed E-state index contributed by atoms with van der Waals surface area (Å²) in [5, 5.41) is 7.16. The molecule has 0 radical (unpaired) electrons. The lowest BCUT2D eigenvalue weighted by Crippen LogP contribution is -2.16. The molecule has 6 nitrogen and oxygen atoms in total. The molecule has 0 fully saturated rings. The molecule has 0 aliphatic heterocycles. The minimum Gasteiger partial charge on any atom is -0.497 e. The van der Waals surface area contributed by atoms with Gasteiger partial charge in [0.2, 0.25) is 0 Å². The molecule has 0 saturated carbocycles. The van der Waals surface area contributed by atoms with Gasteiger partial charge in [-0.15, -0.1) is 0 Å². The van der Waals surface area contributed by atoms with Crippen molar-refractivity contribution in [3.8, 4) is 11.5 Å². The molecule has 128 valence electrons. The molecule has 0 aliphatic carbocycles. The van der Waals surface area contributed by atoms with E-state index in [1.54, 1.807) is 49.4 Å². The Kier molecular flexibility index (Phi) is 4.99. The molecule has 0 aliphatic rings. The van der Waals surface area contributed by atoms with E-state index in [0.717, 1.165) is 5.56 Å². The zero-order chi connectivity index (χ0) is 17.6. The Balaban J connectivity index is 1.79. The van der Waals surface area contributed by atoms with E-state index in [1.807, 2.05) is 30.3 Å². The van der Waals surface area contributed by atoms with E-state index in [2.05, 4.69) is 10.4 Å². The fourth-order valence-corrected chi connectivity index (χ4v) is 2.45. The van der Waals surface area contributed by atoms with Gasteiger partial charge >= 0.3 is 0 Å². The van der Waals surface area contributed by atoms with Crippen molar-refractivity contribution in [3.05, 3.63) is 71.9 Å². The summed E-state index contributed by atoms with van der Waals surface area (Å²) >= 11 is 0. The van der Waals surface area contributed by atoms with Gasteiger partial charge in [-0.3, -0.25) is 4.79 Å². The van der Waals surface area contributed by atoms with Crippen molar-refractivity contribution in [2.75, 3.05) is 19.5 Å². The van der Waals surface area contributed by atoms with Crippen LogP contribution in [0.5, 0.6) is 11.5 Å². The van der Waals surface area contributed by atoms with Gasteiger partial charge in [0.05, 0.1) is 27.0 Å². The zero-order valence-corrected chi connectivity index (χ0v) is 14.1. The van der Waals surface area contributed by atoms with Crippen LogP contribution in [0.4, 0.5) is 5.82 Å². The minimum absolute atomic E-state index is 0.257. The van der Waals surface area contributed by atoms with Crippen molar-refractivity contribution in [3.63, 3.8) is 0 Å². The van der Waals surface area contributed by atoms with Gasteiger partial charge in [-0.2, -0.15) is 5.10 Å². The van der Waals surface area contributed by atoms with E-state index < -0.39 is 0 Å². The maximum absolute atomic E-state index is 12.6. The molecule has 0 spiro atoms. The topological polar surface area (TPSA) is 65.4 Å². The molecular weight excluding hydrogens is 318 g/mol. The molecule has 1 aromatic heterocycles. The predicted molar refractivity (Wildman–Crippen MR) is 95.3 cm³/mol. The van der Waals surface area contributed by atoms with Crippen LogP contribution in [0.1, 0.15) is 15.9 Å². The van der Waals surface area contributed by atoms with Gasteiger partial charge in [-0.1, -0.05) is 30.3 Å². The fourth-order valence-electron chi connectivity index (χ4n) is 2.45. The lowest BCUT2D eigenvalue weighted by atomic mass is 10.2. The SMILES string of the molecule is COc1cc(OC)cc(C(=O)Nc2ccnn2Cc2ccccc2)c1. The van der Waals surface area contributed by atoms with Crippen LogP contribution < -0.4 is 14.8 Å². The lowest BCUT2D eigenvalue weighted by molar-refractivity contribution is 0.102. The number of benzene rings is 2. The summed E-state index contributed by atoms with van der Waals surface area (Å²) in [4.78, 5) is 12.6. The summed E-state index contributed by atoms with van der Waals surface area (Å²) in [6.45, 7) is 0.574. The summed E-state index contributed by atoms with van der Waals surface area (Å²) in [7, 11) is 3.09. The maximum atomic E-state index is 12.6. The summed E-state index contributed by atoms with van der Waals surface area (Å²) in [6.07, 6.45) is 1.66. The van der Waals surface area contributed by atoms with Gasteiger partial charge in [0.15, 0.2) is 0 Å². The number of nitrogens with one attached hydrogen (secondary N) is 1. The number of hydrogen-bond donors (Lipinski definition) is 1. The molecule has 0 unspecified atom stereocenters. The van der Waals surface area contributed by atoms with Gasteiger partial charge in [-0.25, -0.2) is 4.68 Å². The highest BCUT2D eigenvalue weighted by Crippen LogP contribution is 2.23. The second-order valence-corrected chi connectivity index (χ2v) is 5.42. The van der Waals surface area contributed by atoms with Crippen LogP contribution in [-0.4, -0.2) is 29.9 Å². The van der Waals surface area contributed by atoms with Crippen molar-refractivity contribution < 1.29 is 14.3 Å². The number of hydrogen-bond acceptors (Lipinski definition) is 4. The molecule has 1 amide bonds. The highest BCUT2D eigenvalue weighted by Gasteiger charge is 2.12. The number of carbonyl (C=O) groups is 1. The Bertz CT molecular complexity index is 837. The van der Waals surface area contributed by atoms with Crippen LogP contribution in [0, 0.1) is 0 Å². The van der Waals surface area contributed by atoms with Crippen molar-refractivity contribution in [1.82, 2.24) is 9.78 Å². The van der Waals surface area contributed by atoms with Gasteiger partial charge < -0.3 is 14.8 Å². The van der Waals surface area contributed by atoms with Crippen LogP contribution in [0.25, 0.3) is 0 Å². The molecular formula is C19H19N3O3. The van der Waals surface area contributed by atoms with E-state index in [9.17, 15) is 4.79 Å². The molecule has 1 N–H and O–H groups in total. The highest BCUT2D eigenvalue weighted by atomic mass is 16.5. The van der Waals surface area contributed by atoms with Crippen molar-refractivity contribution in [2.45, 2.75) is 6.54 Å². The average molecular weight is 337 g/mol. The smallest absolute Gasteiger partial charge is 0.257 e. The third-order valence-corrected chi connectivity index (χ3v) is 3.75. The van der Waals surface area contributed by atoms with Crippen molar-refractivity contribution >= 4 is 11.7 Å². The second-order valence-electron chi connectivity index (χ2n) is 5.42. The Hall–Kier alpha value is -3.28. The zero-order valence-electron chi connectivity index (χ0n) is 14.1. The van der Waals surface area contributed by atoms with Gasteiger partial charge in [0.1, 0.15) is 17.3 Å². The van der Waals surface area contributed by atoms with Gasteiger partial charge in [0, 0.05) is 17.7 Å². The molecule has 0 saturated heterocycles. The predicted octanol–water partition coefficient (Wildman–Crippen LogP) is 3.20. The summed E-state index contributed by atoms with van der Waals surface area (Å²) in [6, 6.07) is 16.7. The fraction of sp³-hybridized carbons (Fsp3) is 0.158. The van der Waals surface area contributed by atoms with Crippen LogP contribution in [0.15, 0.2) is 60.8 Å². The first kappa shape index (κ1) is 16.6. The Morgan fingerprint density at radius 2 is 1.72 bits per heavy atom. The third kappa shape index (κ3) is 3.98. The molecule has 0 bridgehead atoms. The summed E-state index contributed by atoms with van der Waals surface area (Å²) in [5.74, 6) is 1.48. The lowest BCUT2D eigenvalue weighted by Gasteiger charge is -2.11. The minimum atomic E-state index is -0.257. The molecule has 6 heteroatoms. The summed E-state index contributed by atoms with van der Waals surface area (Å²) < 4.78 is 12.2. The highest BCUT2D eigenvalue weighted by molar-refractivity contribution is 6.04. The second kappa shape index (κ2) is 7.53. The number of rotatable bonds is 6. The quantitative estimate of drug-likeness (QED) is 0.750. The first-order valence-electron chi connectivity index (χ1n) is 7.80. The van der Waals surface area contributed by atoms with E-state index in [1.165, 1.54) is 0 Å². The normalized spacial score (nSPS) is 10.3. The average Bonchev–Trinajstić information content (AvgIpc) is 3.08. The first-order valence-corrected chi connectivity index (χ1v) is 7.80. The van der Waals surface area contributed by atoms with Crippen molar-refractivity contribution in [1.29, 1.82) is 0 Å². The first-order chi connectivity index (χ1) is 12.2. The number of anilines is 1. The monoisotopic (exact) mass is 337 g/mol. The maximum Gasteiger partial charge on any atom is 0.257 e. The van der Waals surface area contributed by atoms with Crippen LogP contribution >= 0.6 is 0 Å². The standard InChI is InChI=1S/C19H19N3O3/c1-24-16-10-15(11-17(12-16)25-2)19(23)21-18-8-9-20-22(18)13-14-6-4-3-5-7-14/h3-12H,13H2,1-2H3,(H,21,23). The Labute approximate surface area is 146 Å². The van der Waals surface area contributed by atoms with Crippen LogP contribution in [0.3, 0.4) is 0 Å². The molecule has 0 atom stereocenters. The Morgan fingerprint density at radius 1 is 1.04 bits per heavy atom. The van der Waals surface area contributed by atoms with E-state index in [-0.39, 0.29) is 5.91 Å². The molecule has 25 heavy (non-hydrogen) atoms. The molecule has 3 aromatic rings. The number of amides is 1. The molecule has 2 aromatic carbocycles. The number of ether oxygens (including phenoxy) is 2.